The van der Waals surface area contributed by atoms with Crippen LogP contribution in [0.4, 0.5) is 10.5 Å². The zero-order valence-corrected chi connectivity index (χ0v) is 13.7. The number of rotatable bonds is 3. The number of carbonyl (C=O) groups is 3. The van der Waals surface area contributed by atoms with Gasteiger partial charge in [0, 0.05) is 38.3 Å². The van der Waals surface area contributed by atoms with Crippen LogP contribution in [0, 0.1) is 0 Å². The number of piperazine rings is 1. The van der Waals surface area contributed by atoms with Gasteiger partial charge in [-0.1, -0.05) is 12.1 Å². The first kappa shape index (κ1) is 16.3. The van der Waals surface area contributed by atoms with E-state index in [1.54, 1.807) is 11.8 Å². The summed E-state index contributed by atoms with van der Waals surface area (Å²) in [5.74, 6) is 0.00952. The van der Waals surface area contributed by atoms with E-state index in [1.165, 1.54) is 4.90 Å². The van der Waals surface area contributed by atoms with Gasteiger partial charge in [0.05, 0.1) is 0 Å². The Morgan fingerprint density at radius 2 is 2.17 bits per heavy atom. The standard InChI is InChI=1S/C17H22N4O3/c1-12-16(23)18-7-9-20(12)17(24)19-11-13-4-2-5-14(10-13)21-8-3-6-15(21)22/h2,4-5,10,12H,3,6-9,11H2,1H3,(H,18,23)(H,19,24). The molecule has 3 rings (SSSR count). The summed E-state index contributed by atoms with van der Waals surface area (Å²) >= 11 is 0. The van der Waals surface area contributed by atoms with Gasteiger partial charge in [-0.25, -0.2) is 4.79 Å². The molecule has 2 aliphatic heterocycles. The first-order valence-corrected chi connectivity index (χ1v) is 8.28. The zero-order chi connectivity index (χ0) is 17.1. The van der Waals surface area contributed by atoms with E-state index in [2.05, 4.69) is 10.6 Å². The monoisotopic (exact) mass is 330 g/mol. The van der Waals surface area contributed by atoms with E-state index in [-0.39, 0.29) is 17.8 Å². The maximum Gasteiger partial charge on any atom is 0.318 e. The number of benzene rings is 1. The second kappa shape index (κ2) is 6.90. The molecule has 4 amide bonds. The first-order valence-electron chi connectivity index (χ1n) is 8.28. The molecule has 2 fully saturated rings. The molecule has 0 saturated carbocycles. The lowest BCUT2D eigenvalue weighted by Crippen LogP contribution is -2.58. The highest BCUT2D eigenvalue weighted by Gasteiger charge is 2.29. The highest BCUT2D eigenvalue weighted by Crippen LogP contribution is 2.22. The molecule has 0 spiro atoms. The van der Waals surface area contributed by atoms with Gasteiger partial charge in [0.25, 0.3) is 0 Å². The number of anilines is 1. The van der Waals surface area contributed by atoms with Crippen molar-refractivity contribution in [2.45, 2.75) is 32.4 Å². The fourth-order valence-electron chi connectivity index (χ4n) is 3.09. The Labute approximate surface area is 141 Å². The molecular weight excluding hydrogens is 308 g/mol. The van der Waals surface area contributed by atoms with Gasteiger partial charge in [-0.05, 0) is 31.0 Å². The quantitative estimate of drug-likeness (QED) is 0.862. The third-order valence-electron chi connectivity index (χ3n) is 4.50. The van der Waals surface area contributed by atoms with Gasteiger partial charge in [-0.2, -0.15) is 0 Å². The fourth-order valence-corrected chi connectivity index (χ4v) is 3.09. The number of nitrogens with one attached hydrogen (secondary N) is 2. The van der Waals surface area contributed by atoms with Crippen molar-refractivity contribution < 1.29 is 14.4 Å². The molecule has 0 radical (unpaired) electrons. The highest BCUT2D eigenvalue weighted by molar-refractivity contribution is 5.95. The summed E-state index contributed by atoms with van der Waals surface area (Å²) < 4.78 is 0. The number of hydrogen-bond acceptors (Lipinski definition) is 3. The number of amides is 4. The smallest absolute Gasteiger partial charge is 0.318 e. The minimum atomic E-state index is -0.465. The molecule has 0 aliphatic carbocycles. The molecule has 7 heteroatoms. The van der Waals surface area contributed by atoms with Crippen molar-refractivity contribution >= 4 is 23.5 Å². The van der Waals surface area contributed by atoms with Crippen molar-refractivity contribution in [3.8, 4) is 0 Å². The average molecular weight is 330 g/mol. The second-order valence-corrected chi connectivity index (χ2v) is 6.14. The van der Waals surface area contributed by atoms with Gasteiger partial charge >= 0.3 is 6.03 Å². The van der Waals surface area contributed by atoms with Crippen LogP contribution in [0.2, 0.25) is 0 Å². The minimum Gasteiger partial charge on any atom is -0.353 e. The largest absolute Gasteiger partial charge is 0.353 e. The number of nitrogens with zero attached hydrogens (tertiary/aromatic N) is 2. The minimum absolute atomic E-state index is 0.133. The van der Waals surface area contributed by atoms with Crippen LogP contribution in [0.25, 0.3) is 0 Å². The van der Waals surface area contributed by atoms with Crippen molar-refractivity contribution in [2.75, 3.05) is 24.5 Å². The van der Waals surface area contributed by atoms with E-state index in [0.29, 0.717) is 26.1 Å². The van der Waals surface area contributed by atoms with E-state index >= 15 is 0 Å². The van der Waals surface area contributed by atoms with Gasteiger partial charge in [0.2, 0.25) is 11.8 Å². The summed E-state index contributed by atoms with van der Waals surface area (Å²) in [6, 6.07) is 6.92. The lowest BCUT2D eigenvalue weighted by atomic mass is 10.2. The molecule has 2 saturated heterocycles. The van der Waals surface area contributed by atoms with E-state index in [4.69, 9.17) is 0 Å². The number of carbonyl (C=O) groups excluding carboxylic acids is 3. The molecule has 1 aromatic carbocycles. The maximum absolute atomic E-state index is 12.3. The van der Waals surface area contributed by atoms with E-state index < -0.39 is 6.04 Å². The molecule has 1 unspecified atom stereocenters. The maximum atomic E-state index is 12.3. The van der Waals surface area contributed by atoms with E-state index in [9.17, 15) is 14.4 Å². The molecule has 24 heavy (non-hydrogen) atoms. The van der Waals surface area contributed by atoms with Gasteiger partial charge in [-0.3, -0.25) is 9.59 Å². The van der Waals surface area contributed by atoms with Gasteiger partial charge < -0.3 is 20.4 Å². The molecular formula is C17H22N4O3. The van der Waals surface area contributed by atoms with Crippen molar-refractivity contribution in [3.63, 3.8) is 0 Å². The zero-order valence-electron chi connectivity index (χ0n) is 13.7. The van der Waals surface area contributed by atoms with Crippen LogP contribution in [0.3, 0.4) is 0 Å². The molecule has 0 aromatic heterocycles. The molecule has 2 aliphatic rings. The lowest BCUT2D eigenvalue weighted by Gasteiger charge is -2.32. The molecule has 1 atom stereocenters. The molecule has 128 valence electrons. The molecule has 1 aromatic rings. The Bertz CT molecular complexity index is 661. The summed E-state index contributed by atoms with van der Waals surface area (Å²) in [6.07, 6.45) is 1.48. The van der Waals surface area contributed by atoms with Crippen LogP contribution < -0.4 is 15.5 Å². The SMILES string of the molecule is CC1C(=O)NCCN1C(=O)NCc1cccc(N2CCCC2=O)c1. The molecule has 2 N–H and O–H groups in total. The normalized spacial score (nSPS) is 21.0. The highest BCUT2D eigenvalue weighted by atomic mass is 16.2. The van der Waals surface area contributed by atoms with Crippen LogP contribution in [0.15, 0.2) is 24.3 Å². The van der Waals surface area contributed by atoms with Crippen LogP contribution in [-0.2, 0) is 16.1 Å². The predicted molar refractivity (Wildman–Crippen MR) is 89.4 cm³/mol. The summed E-state index contributed by atoms with van der Waals surface area (Å²) in [5.41, 5.74) is 1.80. The Balaban J connectivity index is 1.61. The second-order valence-electron chi connectivity index (χ2n) is 6.14. The van der Waals surface area contributed by atoms with Crippen LogP contribution >= 0.6 is 0 Å². The van der Waals surface area contributed by atoms with Crippen molar-refractivity contribution in [3.05, 3.63) is 29.8 Å². The van der Waals surface area contributed by atoms with Gasteiger partial charge in [-0.15, -0.1) is 0 Å². The van der Waals surface area contributed by atoms with Gasteiger partial charge in [0.1, 0.15) is 6.04 Å². The predicted octanol–water partition coefficient (Wildman–Crippen LogP) is 0.843. The van der Waals surface area contributed by atoms with Crippen molar-refractivity contribution in [1.29, 1.82) is 0 Å². The Hall–Kier alpha value is -2.57. The molecule has 2 heterocycles. The lowest BCUT2D eigenvalue weighted by molar-refractivity contribution is -0.127. The van der Waals surface area contributed by atoms with Gasteiger partial charge in [0.15, 0.2) is 0 Å². The number of hydrogen-bond donors (Lipinski definition) is 2. The summed E-state index contributed by atoms with van der Waals surface area (Å²) in [7, 11) is 0. The Morgan fingerprint density at radius 1 is 1.33 bits per heavy atom. The van der Waals surface area contributed by atoms with Crippen molar-refractivity contribution in [1.82, 2.24) is 15.5 Å². The summed E-state index contributed by atoms with van der Waals surface area (Å²) in [6.45, 7) is 3.80. The number of urea groups is 1. The fraction of sp³-hybridized carbons (Fsp3) is 0.471. The van der Waals surface area contributed by atoms with E-state index in [1.807, 2.05) is 24.3 Å². The van der Waals surface area contributed by atoms with Crippen molar-refractivity contribution in [2.24, 2.45) is 0 Å². The van der Waals surface area contributed by atoms with E-state index in [0.717, 1.165) is 24.2 Å². The topological polar surface area (TPSA) is 81.8 Å². The van der Waals surface area contributed by atoms with Crippen LogP contribution in [0.5, 0.6) is 0 Å². The Kier molecular flexibility index (Phi) is 4.69. The third kappa shape index (κ3) is 3.34. The summed E-state index contributed by atoms with van der Waals surface area (Å²) in [4.78, 5) is 39.1. The third-order valence-corrected chi connectivity index (χ3v) is 4.50. The van der Waals surface area contributed by atoms with Crippen LogP contribution in [0.1, 0.15) is 25.3 Å². The van der Waals surface area contributed by atoms with Crippen LogP contribution in [-0.4, -0.2) is 48.4 Å². The average Bonchev–Trinajstić information content (AvgIpc) is 3.01. The first-order chi connectivity index (χ1) is 11.6. The molecule has 0 bridgehead atoms. The molecule has 7 nitrogen and oxygen atoms in total. The Morgan fingerprint density at radius 3 is 2.92 bits per heavy atom. The summed E-state index contributed by atoms with van der Waals surface area (Å²) in [5, 5.41) is 5.59.